The first-order valence-corrected chi connectivity index (χ1v) is 8.75. The second-order valence-electron chi connectivity index (χ2n) is 6.14. The predicted molar refractivity (Wildman–Crippen MR) is 106 cm³/mol. The second-order valence-corrected chi connectivity index (χ2v) is 6.14. The largest absolute Gasteiger partial charge is 0.497 e. The standard InChI is InChI=1S/C21H22N4O3/c1-15(17-5-7-18(8-6-17)25-14-22-13-23-25)24-21(26)9-4-16-10-19(27-2)12-20(11-16)28-3/h4-15H,1-3H3,(H,24,26)/b9-4+. The highest BCUT2D eigenvalue weighted by atomic mass is 16.5. The third kappa shape index (κ3) is 4.76. The van der Waals surface area contributed by atoms with E-state index in [1.165, 1.54) is 12.4 Å². The van der Waals surface area contributed by atoms with E-state index in [0.29, 0.717) is 11.5 Å². The molecule has 0 saturated carbocycles. The molecule has 1 aromatic heterocycles. The molecule has 0 aliphatic heterocycles. The minimum Gasteiger partial charge on any atom is -0.497 e. The summed E-state index contributed by atoms with van der Waals surface area (Å²) in [6, 6.07) is 13.1. The maximum absolute atomic E-state index is 12.3. The Hall–Kier alpha value is -3.61. The Labute approximate surface area is 163 Å². The third-order valence-corrected chi connectivity index (χ3v) is 4.24. The zero-order chi connectivity index (χ0) is 19.9. The SMILES string of the molecule is COc1cc(/C=C/C(=O)NC(C)c2ccc(-n3cncn3)cc2)cc(OC)c1. The molecule has 0 saturated heterocycles. The van der Waals surface area contributed by atoms with E-state index in [0.717, 1.165) is 16.8 Å². The molecular formula is C21H22N4O3. The summed E-state index contributed by atoms with van der Waals surface area (Å²) < 4.78 is 12.2. The van der Waals surface area contributed by atoms with Crippen LogP contribution in [0.15, 0.2) is 61.2 Å². The number of rotatable bonds is 7. The van der Waals surface area contributed by atoms with E-state index in [2.05, 4.69) is 15.4 Å². The van der Waals surface area contributed by atoms with E-state index < -0.39 is 0 Å². The van der Waals surface area contributed by atoms with Crippen LogP contribution in [-0.2, 0) is 4.79 Å². The molecule has 2 aromatic carbocycles. The molecule has 0 spiro atoms. The number of methoxy groups -OCH3 is 2. The van der Waals surface area contributed by atoms with Gasteiger partial charge in [-0.2, -0.15) is 5.10 Å². The average molecular weight is 378 g/mol. The number of aromatic nitrogens is 3. The fourth-order valence-corrected chi connectivity index (χ4v) is 2.70. The Bertz CT molecular complexity index is 928. The van der Waals surface area contributed by atoms with Crippen molar-refractivity contribution in [2.45, 2.75) is 13.0 Å². The van der Waals surface area contributed by atoms with Gasteiger partial charge in [0.2, 0.25) is 5.91 Å². The van der Waals surface area contributed by atoms with E-state index in [1.54, 1.807) is 37.4 Å². The maximum Gasteiger partial charge on any atom is 0.244 e. The normalized spacial score (nSPS) is 12.0. The van der Waals surface area contributed by atoms with Gasteiger partial charge in [-0.15, -0.1) is 0 Å². The van der Waals surface area contributed by atoms with Crippen LogP contribution in [0, 0.1) is 0 Å². The molecule has 3 rings (SSSR count). The highest BCUT2D eigenvalue weighted by molar-refractivity contribution is 5.92. The second kappa shape index (κ2) is 8.85. The van der Waals surface area contributed by atoms with Gasteiger partial charge >= 0.3 is 0 Å². The molecular weight excluding hydrogens is 356 g/mol. The molecule has 3 aromatic rings. The minimum atomic E-state index is -0.186. The van der Waals surface area contributed by atoms with E-state index in [1.807, 2.05) is 43.3 Å². The van der Waals surface area contributed by atoms with Gasteiger partial charge in [-0.1, -0.05) is 12.1 Å². The third-order valence-electron chi connectivity index (χ3n) is 4.24. The Kier molecular flexibility index (Phi) is 6.06. The van der Waals surface area contributed by atoms with Crippen LogP contribution in [0.2, 0.25) is 0 Å². The van der Waals surface area contributed by atoms with Crippen molar-refractivity contribution < 1.29 is 14.3 Å². The molecule has 1 amide bonds. The van der Waals surface area contributed by atoms with E-state index in [4.69, 9.17) is 9.47 Å². The molecule has 7 heteroatoms. The topological polar surface area (TPSA) is 78.3 Å². The van der Waals surface area contributed by atoms with Gasteiger partial charge in [-0.3, -0.25) is 4.79 Å². The Morgan fingerprint density at radius 2 is 1.79 bits per heavy atom. The van der Waals surface area contributed by atoms with Crippen molar-refractivity contribution in [3.05, 3.63) is 72.3 Å². The van der Waals surface area contributed by atoms with E-state index in [9.17, 15) is 4.79 Å². The molecule has 28 heavy (non-hydrogen) atoms. The molecule has 0 aliphatic rings. The number of nitrogens with one attached hydrogen (secondary N) is 1. The first-order chi connectivity index (χ1) is 13.6. The molecule has 0 radical (unpaired) electrons. The van der Waals surface area contributed by atoms with Crippen molar-refractivity contribution in [1.82, 2.24) is 20.1 Å². The van der Waals surface area contributed by atoms with Crippen LogP contribution < -0.4 is 14.8 Å². The van der Waals surface area contributed by atoms with Crippen molar-refractivity contribution in [1.29, 1.82) is 0 Å². The van der Waals surface area contributed by atoms with Crippen LogP contribution in [0.5, 0.6) is 11.5 Å². The van der Waals surface area contributed by atoms with Crippen molar-refractivity contribution >= 4 is 12.0 Å². The molecule has 1 heterocycles. The summed E-state index contributed by atoms with van der Waals surface area (Å²) in [7, 11) is 3.18. The lowest BCUT2D eigenvalue weighted by Crippen LogP contribution is -2.24. The summed E-state index contributed by atoms with van der Waals surface area (Å²) in [5.74, 6) is 1.15. The molecule has 144 valence electrons. The molecule has 0 fully saturated rings. The number of hydrogen-bond donors (Lipinski definition) is 1. The van der Waals surface area contributed by atoms with Gasteiger partial charge in [-0.05, 0) is 48.4 Å². The quantitative estimate of drug-likeness (QED) is 0.639. The molecule has 1 atom stereocenters. The fraction of sp³-hybridized carbons (Fsp3) is 0.190. The predicted octanol–water partition coefficient (Wildman–Crippen LogP) is 3.18. The first-order valence-electron chi connectivity index (χ1n) is 8.75. The zero-order valence-electron chi connectivity index (χ0n) is 16.0. The summed E-state index contributed by atoms with van der Waals surface area (Å²) in [6.07, 6.45) is 6.34. The molecule has 0 bridgehead atoms. The lowest BCUT2D eigenvalue weighted by atomic mass is 10.1. The van der Waals surface area contributed by atoms with Crippen LogP contribution >= 0.6 is 0 Å². The smallest absolute Gasteiger partial charge is 0.244 e. The van der Waals surface area contributed by atoms with E-state index >= 15 is 0 Å². The number of ether oxygens (including phenoxy) is 2. The fourth-order valence-electron chi connectivity index (χ4n) is 2.70. The Morgan fingerprint density at radius 3 is 2.36 bits per heavy atom. The van der Waals surface area contributed by atoms with Crippen molar-refractivity contribution in [3.8, 4) is 17.2 Å². The van der Waals surface area contributed by atoms with Crippen LogP contribution in [0.1, 0.15) is 24.1 Å². The highest BCUT2D eigenvalue weighted by Gasteiger charge is 2.08. The lowest BCUT2D eigenvalue weighted by molar-refractivity contribution is -0.117. The van der Waals surface area contributed by atoms with Gasteiger partial charge in [-0.25, -0.2) is 9.67 Å². The Balaban J connectivity index is 1.63. The molecule has 0 aliphatic carbocycles. The van der Waals surface area contributed by atoms with Gasteiger partial charge in [0.1, 0.15) is 24.2 Å². The summed E-state index contributed by atoms with van der Waals surface area (Å²) in [6.45, 7) is 1.94. The van der Waals surface area contributed by atoms with E-state index in [-0.39, 0.29) is 11.9 Å². The summed E-state index contributed by atoms with van der Waals surface area (Å²) in [5.41, 5.74) is 2.72. The lowest BCUT2D eigenvalue weighted by Gasteiger charge is -2.13. The molecule has 7 nitrogen and oxygen atoms in total. The number of carbonyl (C=O) groups excluding carboxylic acids is 1. The van der Waals surface area contributed by atoms with Gasteiger partial charge in [0.05, 0.1) is 25.9 Å². The van der Waals surface area contributed by atoms with Crippen LogP contribution in [-0.4, -0.2) is 34.9 Å². The number of hydrogen-bond acceptors (Lipinski definition) is 5. The number of carbonyl (C=O) groups is 1. The zero-order valence-corrected chi connectivity index (χ0v) is 16.0. The number of amides is 1. The Morgan fingerprint density at radius 1 is 1.11 bits per heavy atom. The summed E-state index contributed by atoms with van der Waals surface area (Å²) in [4.78, 5) is 16.2. The van der Waals surface area contributed by atoms with Crippen molar-refractivity contribution in [2.24, 2.45) is 0 Å². The monoisotopic (exact) mass is 378 g/mol. The molecule has 1 unspecified atom stereocenters. The van der Waals surface area contributed by atoms with Gasteiger partial charge in [0, 0.05) is 12.1 Å². The van der Waals surface area contributed by atoms with Crippen LogP contribution in [0.4, 0.5) is 0 Å². The highest BCUT2D eigenvalue weighted by Crippen LogP contribution is 2.23. The van der Waals surface area contributed by atoms with Gasteiger partial charge in [0.15, 0.2) is 0 Å². The van der Waals surface area contributed by atoms with Crippen molar-refractivity contribution in [3.63, 3.8) is 0 Å². The first kappa shape index (κ1) is 19.2. The van der Waals surface area contributed by atoms with Crippen molar-refractivity contribution in [2.75, 3.05) is 14.2 Å². The summed E-state index contributed by atoms with van der Waals surface area (Å²) >= 11 is 0. The minimum absolute atomic E-state index is 0.137. The average Bonchev–Trinajstić information content (AvgIpc) is 3.27. The van der Waals surface area contributed by atoms with Gasteiger partial charge < -0.3 is 14.8 Å². The van der Waals surface area contributed by atoms with Crippen LogP contribution in [0.3, 0.4) is 0 Å². The summed E-state index contributed by atoms with van der Waals surface area (Å²) in [5, 5.41) is 7.05. The van der Waals surface area contributed by atoms with Gasteiger partial charge in [0.25, 0.3) is 0 Å². The number of nitrogens with zero attached hydrogens (tertiary/aromatic N) is 3. The number of benzene rings is 2. The van der Waals surface area contributed by atoms with Crippen LogP contribution in [0.25, 0.3) is 11.8 Å². The molecule has 1 N–H and O–H groups in total. The maximum atomic E-state index is 12.3.